The van der Waals surface area contributed by atoms with Crippen LogP contribution in [0, 0.1) is 0 Å². The Morgan fingerprint density at radius 2 is 1.74 bits per heavy atom. The molecule has 126 valence electrons. The van der Waals surface area contributed by atoms with Crippen molar-refractivity contribution < 1.29 is 14.0 Å². The third kappa shape index (κ3) is 3.75. The molecule has 0 unspecified atom stereocenters. The Labute approximate surface area is 149 Å². The quantitative estimate of drug-likeness (QED) is 0.764. The maximum atomic E-state index is 6.28. The van der Waals surface area contributed by atoms with Gasteiger partial charge in [-0.05, 0) is 50.9 Å². The van der Waals surface area contributed by atoms with Crippen LogP contribution < -0.4 is 5.46 Å². The first-order valence-electron chi connectivity index (χ1n) is 7.56. The zero-order chi connectivity index (χ0) is 16.0. The molecule has 0 saturated carbocycles. The van der Waals surface area contributed by atoms with Crippen LogP contribution in [0.3, 0.4) is 0 Å². The van der Waals surface area contributed by atoms with Crippen molar-refractivity contribution in [2.75, 3.05) is 19.8 Å². The molecule has 1 saturated heterocycles. The molecule has 3 rings (SSSR count). The molecular weight excluding hydrogens is 336 g/mol. The third-order valence-corrected chi connectivity index (χ3v) is 4.77. The molecule has 7 heteroatoms. The summed E-state index contributed by atoms with van der Waals surface area (Å²) in [5.41, 5.74) is 2.06. The van der Waals surface area contributed by atoms with Gasteiger partial charge in [-0.15, -0.1) is 12.4 Å². The van der Waals surface area contributed by atoms with Crippen LogP contribution in [-0.2, 0) is 14.0 Å². The van der Waals surface area contributed by atoms with Gasteiger partial charge in [0, 0.05) is 5.02 Å². The van der Waals surface area contributed by atoms with Crippen LogP contribution in [-0.4, -0.2) is 43.8 Å². The van der Waals surface area contributed by atoms with Gasteiger partial charge < -0.3 is 14.0 Å². The van der Waals surface area contributed by atoms with Crippen LogP contribution in [0.15, 0.2) is 23.2 Å². The average molecular weight is 358 g/mol. The Morgan fingerprint density at radius 1 is 1.09 bits per heavy atom. The molecule has 4 nitrogen and oxygen atoms in total. The van der Waals surface area contributed by atoms with Crippen LogP contribution >= 0.6 is 24.0 Å². The van der Waals surface area contributed by atoms with Gasteiger partial charge in [-0.1, -0.05) is 17.7 Å². The van der Waals surface area contributed by atoms with Gasteiger partial charge in [0.15, 0.2) is 0 Å². The molecule has 2 aliphatic rings. The molecule has 0 N–H and O–H groups in total. The summed E-state index contributed by atoms with van der Waals surface area (Å²) in [4.78, 5) is 4.52. The Kier molecular flexibility index (Phi) is 5.49. The summed E-state index contributed by atoms with van der Waals surface area (Å²) in [5, 5.41) is 0.649. The number of aliphatic imine (C=N–C) groups is 1. The normalized spacial score (nSPS) is 22.5. The fourth-order valence-corrected chi connectivity index (χ4v) is 2.77. The summed E-state index contributed by atoms with van der Waals surface area (Å²) < 4.78 is 17.7. The first-order chi connectivity index (χ1) is 10.3. The van der Waals surface area contributed by atoms with Crippen molar-refractivity contribution in [1.82, 2.24) is 0 Å². The first kappa shape index (κ1) is 18.7. The van der Waals surface area contributed by atoms with Crippen molar-refractivity contribution in [3.63, 3.8) is 0 Å². The van der Waals surface area contributed by atoms with E-state index in [1.807, 2.05) is 45.9 Å². The average Bonchev–Trinajstić information content (AvgIpc) is 2.68. The summed E-state index contributed by atoms with van der Waals surface area (Å²) in [6.45, 7) is 10.0. The zero-order valence-electron chi connectivity index (χ0n) is 13.9. The number of ether oxygens (including phenoxy) is 1. The van der Waals surface area contributed by atoms with Crippen LogP contribution in [0.4, 0.5) is 0 Å². The molecule has 0 aliphatic carbocycles. The SMILES string of the molecule is CC1(C)OB(c2cc(Cl)cc(C3=NCCOC3)c2)OC1(C)C.Cl. The fraction of sp³-hybridized carbons (Fsp3) is 0.562. The molecule has 0 amide bonds. The summed E-state index contributed by atoms with van der Waals surface area (Å²) in [6, 6.07) is 5.82. The van der Waals surface area contributed by atoms with Gasteiger partial charge in [-0.3, -0.25) is 4.99 Å². The Bertz CT molecular complexity index is 603. The first-order valence-corrected chi connectivity index (χ1v) is 7.94. The molecule has 1 aromatic carbocycles. The lowest BCUT2D eigenvalue weighted by molar-refractivity contribution is 0.00578. The van der Waals surface area contributed by atoms with Gasteiger partial charge in [0.05, 0.1) is 36.7 Å². The molecule has 0 atom stereocenters. The standard InChI is InChI=1S/C16H21BClNO3.ClH/c1-15(2)16(3,4)22-17(21-15)12-7-11(8-13(18)9-12)14-10-20-6-5-19-14;/h7-9H,5-6,10H2,1-4H3;1H. The van der Waals surface area contributed by atoms with Gasteiger partial charge >= 0.3 is 7.12 Å². The summed E-state index contributed by atoms with van der Waals surface area (Å²) >= 11 is 6.28. The highest BCUT2D eigenvalue weighted by atomic mass is 35.5. The highest BCUT2D eigenvalue weighted by Crippen LogP contribution is 2.36. The predicted molar refractivity (Wildman–Crippen MR) is 96.6 cm³/mol. The second-order valence-corrected chi connectivity index (χ2v) is 7.18. The van der Waals surface area contributed by atoms with E-state index < -0.39 is 7.12 Å². The Balaban J connectivity index is 0.00000192. The van der Waals surface area contributed by atoms with Crippen molar-refractivity contribution in [2.24, 2.45) is 4.99 Å². The van der Waals surface area contributed by atoms with Crippen molar-refractivity contribution in [3.05, 3.63) is 28.8 Å². The lowest BCUT2D eigenvalue weighted by Gasteiger charge is -2.32. The maximum absolute atomic E-state index is 6.28. The highest BCUT2D eigenvalue weighted by molar-refractivity contribution is 6.62. The number of hydrogen-bond donors (Lipinski definition) is 0. The smallest absolute Gasteiger partial charge is 0.399 e. The van der Waals surface area contributed by atoms with E-state index in [0.29, 0.717) is 24.8 Å². The molecule has 0 spiro atoms. The zero-order valence-corrected chi connectivity index (χ0v) is 15.5. The van der Waals surface area contributed by atoms with Gasteiger partial charge in [-0.25, -0.2) is 0 Å². The van der Waals surface area contributed by atoms with E-state index in [0.717, 1.165) is 16.7 Å². The number of halogens is 2. The lowest BCUT2D eigenvalue weighted by Crippen LogP contribution is -2.41. The molecular formula is C16H22BCl2NO3. The summed E-state index contributed by atoms with van der Waals surface area (Å²) in [6.07, 6.45) is 0. The van der Waals surface area contributed by atoms with Crippen LogP contribution in [0.2, 0.25) is 5.02 Å². The van der Waals surface area contributed by atoms with E-state index in [4.69, 9.17) is 25.6 Å². The second-order valence-electron chi connectivity index (χ2n) is 6.74. The maximum Gasteiger partial charge on any atom is 0.494 e. The van der Waals surface area contributed by atoms with Crippen LogP contribution in [0.25, 0.3) is 0 Å². The van der Waals surface area contributed by atoms with Crippen molar-refractivity contribution >= 4 is 42.3 Å². The van der Waals surface area contributed by atoms with Gasteiger partial charge in [0.1, 0.15) is 0 Å². The minimum absolute atomic E-state index is 0. The topological polar surface area (TPSA) is 40.0 Å². The molecule has 2 aliphatic heterocycles. The summed E-state index contributed by atoms with van der Waals surface area (Å²) in [5.74, 6) is 0. The minimum Gasteiger partial charge on any atom is -0.399 e. The molecule has 2 heterocycles. The third-order valence-electron chi connectivity index (χ3n) is 4.56. The molecule has 1 fully saturated rings. The predicted octanol–water partition coefficient (Wildman–Crippen LogP) is 2.88. The Hall–Kier alpha value is -0.585. The molecule has 23 heavy (non-hydrogen) atoms. The fourth-order valence-electron chi connectivity index (χ4n) is 2.53. The highest BCUT2D eigenvalue weighted by Gasteiger charge is 2.51. The van der Waals surface area contributed by atoms with Crippen molar-refractivity contribution in [3.8, 4) is 0 Å². The number of rotatable bonds is 2. The van der Waals surface area contributed by atoms with E-state index in [1.165, 1.54) is 0 Å². The second kappa shape index (κ2) is 6.73. The van der Waals surface area contributed by atoms with Gasteiger partial charge in [-0.2, -0.15) is 0 Å². The Morgan fingerprint density at radius 3 is 2.30 bits per heavy atom. The summed E-state index contributed by atoms with van der Waals surface area (Å²) in [7, 11) is -0.424. The van der Waals surface area contributed by atoms with Gasteiger partial charge in [0.25, 0.3) is 0 Å². The van der Waals surface area contributed by atoms with E-state index in [1.54, 1.807) is 0 Å². The number of benzene rings is 1. The van der Waals surface area contributed by atoms with E-state index >= 15 is 0 Å². The minimum atomic E-state index is -0.424. The number of hydrogen-bond acceptors (Lipinski definition) is 4. The van der Waals surface area contributed by atoms with Gasteiger partial charge in [0.2, 0.25) is 0 Å². The monoisotopic (exact) mass is 357 g/mol. The molecule has 0 aromatic heterocycles. The molecule has 0 radical (unpaired) electrons. The van der Waals surface area contributed by atoms with Crippen molar-refractivity contribution in [2.45, 2.75) is 38.9 Å². The molecule has 1 aromatic rings. The number of nitrogens with zero attached hydrogens (tertiary/aromatic N) is 1. The van der Waals surface area contributed by atoms with E-state index in [2.05, 4.69) is 4.99 Å². The molecule has 0 bridgehead atoms. The lowest BCUT2D eigenvalue weighted by atomic mass is 9.78. The van der Waals surface area contributed by atoms with E-state index in [-0.39, 0.29) is 23.6 Å². The van der Waals surface area contributed by atoms with Crippen LogP contribution in [0.5, 0.6) is 0 Å². The van der Waals surface area contributed by atoms with Crippen LogP contribution in [0.1, 0.15) is 33.3 Å². The van der Waals surface area contributed by atoms with Crippen molar-refractivity contribution in [1.29, 1.82) is 0 Å². The largest absolute Gasteiger partial charge is 0.494 e. The van der Waals surface area contributed by atoms with E-state index in [9.17, 15) is 0 Å².